The number of rotatable bonds is 11. The molecule has 17 aromatic carbocycles. The van der Waals surface area contributed by atoms with Crippen LogP contribution in [-0.4, -0.2) is 18.3 Å². The van der Waals surface area contributed by atoms with Crippen molar-refractivity contribution in [1.29, 1.82) is 0 Å². The number of fused-ring (bicyclic) bond motifs is 21. The monoisotopic (exact) mass is 1540 g/mol. The third kappa shape index (κ3) is 10.9. The Hall–Kier alpha value is -15.1. The van der Waals surface area contributed by atoms with Crippen LogP contribution in [0.1, 0.15) is 54.9 Å². The third-order valence-electron chi connectivity index (χ3n) is 27.5. The third-order valence-corrected chi connectivity index (χ3v) is 27.5. The van der Waals surface area contributed by atoms with Crippen molar-refractivity contribution in [2.45, 2.75) is 38.0 Å². The van der Waals surface area contributed by atoms with Crippen molar-refractivity contribution in [2.24, 2.45) is 5.92 Å². The Morgan fingerprint density at radius 2 is 0.537 bits per heavy atom. The van der Waals surface area contributed by atoms with E-state index in [0.717, 1.165) is 24.2 Å². The molecule has 4 heterocycles. The van der Waals surface area contributed by atoms with Crippen molar-refractivity contribution in [3.63, 3.8) is 0 Å². The van der Waals surface area contributed by atoms with Crippen LogP contribution in [0.2, 0.25) is 0 Å². The summed E-state index contributed by atoms with van der Waals surface area (Å²) in [6.45, 7) is 4.87. The number of nitrogens with zero attached hydrogens (tertiary/aromatic N) is 4. The Labute approximate surface area is 702 Å². The summed E-state index contributed by atoms with van der Waals surface area (Å²) in [5.41, 5.74) is 42.4. The number of hydrogen-bond acceptors (Lipinski definition) is 0. The lowest BCUT2D eigenvalue weighted by atomic mass is 9.72. The lowest BCUT2D eigenvalue weighted by Crippen LogP contribution is -2.25. The van der Waals surface area contributed by atoms with Crippen LogP contribution in [0.25, 0.3) is 210 Å². The van der Waals surface area contributed by atoms with Gasteiger partial charge in [-0.05, 0) is 268 Å². The number of benzene rings is 17. The predicted molar refractivity (Wildman–Crippen MR) is 510 cm³/mol. The van der Waals surface area contributed by atoms with Crippen LogP contribution < -0.4 is 0 Å². The SMILES string of the molecule is CC1(C)c2ccccc2C2=CC=C(n3c4ccccc4c4cc(-c5ccc6c(c5)c5ccccc5n6-c5cccc(-c6ccc(-c7cccc(-c8ccc9c(c8)c8cc(-c%10ccc%11c(c%10)c%10ccccc%10n%11-c%10cccc(-c%11ccc(-c%12ccccc%12)cc%11)c%10)ccc8n9C8=CC=C9c%10ccccc%10-c%10ccccc%10C9C8)c7)cc6)c5)ccc43)CC21. The molecule has 0 bridgehead atoms. The average molecular weight is 1540 g/mol. The van der Waals surface area contributed by atoms with Crippen molar-refractivity contribution in [3.8, 4) is 100 Å². The molecule has 4 aliphatic carbocycles. The van der Waals surface area contributed by atoms with E-state index in [2.05, 4.69) is 445 Å². The topological polar surface area (TPSA) is 19.7 Å². The Morgan fingerprint density at radius 1 is 0.215 bits per heavy atom. The van der Waals surface area contributed by atoms with Gasteiger partial charge in [0.1, 0.15) is 0 Å². The molecule has 0 aliphatic heterocycles. The van der Waals surface area contributed by atoms with Crippen LogP contribution in [0.15, 0.2) is 413 Å². The minimum atomic E-state index is 0.0446. The van der Waals surface area contributed by atoms with Gasteiger partial charge in [0.25, 0.3) is 0 Å². The summed E-state index contributed by atoms with van der Waals surface area (Å²) in [6, 6.07) is 146. The molecule has 2 atom stereocenters. The van der Waals surface area contributed by atoms with E-state index in [4.69, 9.17) is 0 Å². The van der Waals surface area contributed by atoms with Gasteiger partial charge in [-0.15, -0.1) is 0 Å². The number of allylic oxidation sites excluding steroid dienone is 8. The minimum absolute atomic E-state index is 0.0446. The first-order chi connectivity index (χ1) is 59.7. The second-order valence-corrected chi connectivity index (χ2v) is 34.2. The summed E-state index contributed by atoms with van der Waals surface area (Å²) >= 11 is 0. The predicted octanol–water partition coefficient (Wildman–Crippen LogP) is 31.1. The van der Waals surface area contributed by atoms with Crippen molar-refractivity contribution in [3.05, 3.63) is 435 Å². The standard InChI is InChI=1S/C117H80N4/c1-117(2)107-37-14-10-33-96(107)97-57-55-90(72-108(97)117)121-111-40-17-13-36-100(111)104-67-84(52-60-114(104)121)83-50-58-112-102(66-83)98-34-11-15-38-109(98)119(112)88-28-20-26-81(65-88)77-47-45-75(46-48-77)78-23-18-24-79(63-78)82-49-61-115-105(69-82)106-70-86(53-62-116(106)120(115)89-54-56-95-93-31-7-6-29-91(93)92-30-8-9-32-94(92)101(95)71-89)85-51-59-113-103(68-85)99-35-12-16-39-110(99)118(113)87-27-19-25-80(64-87)76-43-41-74(42-44-76)73-21-4-3-5-22-73/h3-70,101,108H,71-72H2,1-2H3. The molecule has 568 valence electrons. The van der Waals surface area contributed by atoms with Crippen molar-refractivity contribution < 1.29 is 0 Å². The van der Waals surface area contributed by atoms with Gasteiger partial charge in [-0.2, -0.15) is 0 Å². The Morgan fingerprint density at radius 3 is 1.04 bits per heavy atom. The minimum Gasteiger partial charge on any atom is -0.313 e. The van der Waals surface area contributed by atoms with Gasteiger partial charge in [0, 0.05) is 71.8 Å². The van der Waals surface area contributed by atoms with Gasteiger partial charge in [-0.3, -0.25) is 0 Å². The number of para-hydroxylation sites is 3. The molecule has 0 spiro atoms. The molecule has 4 heteroatoms. The van der Waals surface area contributed by atoms with E-state index in [9.17, 15) is 0 Å². The zero-order valence-electron chi connectivity index (χ0n) is 67.1. The lowest BCUT2D eigenvalue weighted by Gasteiger charge is -2.33. The fourth-order valence-electron chi connectivity index (χ4n) is 21.6. The summed E-state index contributed by atoms with van der Waals surface area (Å²) in [5, 5.41) is 9.95. The van der Waals surface area contributed by atoms with E-state index in [1.807, 2.05) is 0 Å². The highest BCUT2D eigenvalue weighted by molar-refractivity contribution is 6.16. The molecule has 4 nitrogen and oxygen atoms in total. The fourth-order valence-corrected chi connectivity index (χ4v) is 21.6. The Bertz CT molecular complexity index is 8090. The maximum atomic E-state index is 2.57. The van der Waals surface area contributed by atoms with Gasteiger partial charge in [0.05, 0.1) is 44.1 Å². The van der Waals surface area contributed by atoms with Crippen molar-refractivity contribution in [2.75, 3.05) is 0 Å². The van der Waals surface area contributed by atoms with Crippen molar-refractivity contribution >= 4 is 110 Å². The molecule has 25 rings (SSSR count). The zero-order chi connectivity index (χ0) is 79.7. The number of hydrogen-bond donors (Lipinski definition) is 0. The Balaban J connectivity index is 0.541. The van der Waals surface area contributed by atoms with Crippen LogP contribution in [0.3, 0.4) is 0 Å². The van der Waals surface area contributed by atoms with E-state index < -0.39 is 0 Å². The molecule has 0 amide bonds. The molecule has 121 heavy (non-hydrogen) atoms. The van der Waals surface area contributed by atoms with E-state index in [1.165, 1.54) is 221 Å². The summed E-state index contributed by atoms with van der Waals surface area (Å²) in [4.78, 5) is 0. The quantitative estimate of drug-likeness (QED) is 0.123. The van der Waals surface area contributed by atoms with E-state index in [-0.39, 0.29) is 11.3 Å². The van der Waals surface area contributed by atoms with Gasteiger partial charge >= 0.3 is 0 Å². The molecule has 4 aliphatic rings. The summed E-state index contributed by atoms with van der Waals surface area (Å²) < 4.78 is 10.0. The average Bonchev–Trinajstić information content (AvgIpc) is 1.69. The fraction of sp³-hybridized carbons (Fsp3) is 0.0598. The maximum absolute atomic E-state index is 2.57. The molecular weight excluding hydrogens is 1460 g/mol. The van der Waals surface area contributed by atoms with Gasteiger partial charge in [0.15, 0.2) is 0 Å². The first-order valence-electron chi connectivity index (χ1n) is 42.6. The molecule has 0 N–H and O–H groups in total. The Kier molecular flexibility index (Phi) is 15.4. The van der Waals surface area contributed by atoms with Gasteiger partial charge in [0.2, 0.25) is 0 Å². The van der Waals surface area contributed by atoms with E-state index in [1.54, 1.807) is 0 Å². The maximum Gasteiger partial charge on any atom is 0.0541 e. The summed E-state index contributed by atoms with van der Waals surface area (Å²) in [7, 11) is 0. The molecule has 21 aromatic rings. The van der Waals surface area contributed by atoms with E-state index in [0.29, 0.717) is 5.92 Å². The molecule has 0 fully saturated rings. The smallest absolute Gasteiger partial charge is 0.0541 e. The molecule has 4 aromatic heterocycles. The zero-order valence-corrected chi connectivity index (χ0v) is 67.1. The first kappa shape index (κ1) is 69.1. The van der Waals surface area contributed by atoms with Crippen molar-refractivity contribution in [1.82, 2.24) is 18.3 Å². The summed E-state index contributed by atoms with van der Waals surface area (Å²) in [5.74, 6) is 0.632. The van der Waals surface area contributed by atoms with E-state index >= 15 is 0 Å². The van der Waals surface area contributed by atoms with Crippen LogP contribution in [0.5, 0.6) is 0 Å². The molecular formula is C117H80N4. The second kappa shape index (κ2) is 27.0. The first-order valence-corrected chi connectivity index (χ1v) is 42.6. The highest BCUT2D eigenvalue weighted by atomic mass is 15.0. The molecule has 0 saturated heterocycles. The van der Waals surface area contributed by atoms with Crippen LogP contribution in [0.4, 0.5) is 0 Å². The number of aromatic nitrogens is 4. The lowest BCUT2D eigenvalue weighted by molar-refractivity contribution is 0.415. The normalized spacial score (nSPS) is 15.2. The van der Waals surface area contributed by atoms with Gasteiger partial charge in [-0.1, -0.05) is 305 Å². The second-order valence-electron chi connectivity index (χ2n) is 34.2. The molecule has 0 radical (unpaired) electrons. The van der Waals surface area contributed by atoms with Crippen LogP contribution in [-0.2, 0) is 5.41 Å². The van der Waals surface area contributed by atoms with Crippen LogP contribution in [0, 0.1) is 5.92 Å². The summed E-state index contributed by atoms with van der Waals surface area (Å²) in [6.07, 6.45) is 11.5. The van der Waals surface area contributed by atoms with Gasteiger partial charge in [-0.25, -0.2) is 0 Å². The highest BCUT2D eigenvalue weighted by Gasteiger charge is 2.44. The van der Waals surface area contributed by atoms with Crippen LogP contribution >= 0.6 is 0 Å². The highest BCUT2D eigenvalue weighted by Crippen LogP contribution is 2.57. The molecule has 2 unspecified atom stereocenters. The largest absolute Gasteiger partial charge is 0.313 e. The molecule has 0 saturated carbocycles. The van der Waals surface area contributed by atoms with Gasteiger partial charge < -0.3 is 18.3 Å².